The van der Waals surface area contributed by atoms with E-state index in [1.807, 2.05) is 49.5 Å². The largest absolute Gasteiger partial charge is 0.310 e. The van der Waals surface area contributed by atoms with E-state index in [9.17, 15) is 0 Å². The molecule has 3 aliphatic rings. The van der Waals surface area contributed by atoms with Crippen molar-refractivity contribution in [2.24, 2.45) is 0 Å². The Kier molecular flexibility index (Phi) is 19.9. The standard InChI is InChI=1S/C50H45NS.C14H20.C8H12.C2H6/c1-7-10-22-42-35(6)52-47-24-17-23-46(49(42)47)51(38-27-25-33(4)26-28-38)39-29-30-43-44(32-39)50(36-18-13-11-14-19-36,37-20-15-12-16-21-37)45-31-34(5)40(8-2)41(9-3)48(43)45;1-11-8-9-14(10-12(11)2)13-6-4-3-5-7-13;1-4-7-8(5-2)6-3;1-2/h8-16,18-23,25-32H,2-3,7,17,24H2,1,4-6H3;8-10,13H,3-7H2,1-2H3;4-5,7H,1-2,6H2,3H3;1-2H3/b22-10-;;8-7+;. The lowest BCUT2D eigenvalue weighted by molar-refractivity contribution is 0.443. The van der Waals surface area contributed by atoms with Gasteiger partial charge in [0.25, 0.3) is 0 Å². The SMILES string of the molecule is C=C/C=C(\C=C)CC.C=Cc1c(C)cc2c(c1C=C)-c1ccc(N(C3=CCCc4sc(C)c(/C=C\CC)c43)c3ccc(C)cc3)cc1C2(c1ccccc1)c1ccccc1.CC.Cc1ccc(C2CCCCC2)cc1C. The molecule has 2 heteroatoms. The van der Waals surface area contributed by atoms with Gasteiger partial charge in [-0.2, -0.15) is 0 Å². The predicted octanol–water partition coefficient (Wildman–Crippen LogP) is 21.9. The fraction of sp³-hybridized carbons (Fsp3) is 0.270. The lowest BCUT2D eigenvalue weighted by Gasteiger charge is -2.36. The molecule has 0 N–H and O–H groups in total. The molecule has 390 valence electrons. The topological polar surface area (TPSA) is 3.24 Å². The van der Waals surface area contributed by atoms with Gasteiger partial charge in [-0.15, -0.1) is 11.3 Å². The smallest absolute Gasteiger partial charge is 0.0714 e. The van der Waals surface area contributed by atoms with Crippen LogP contribution in [0.4, 0.5) is 11.4 Å². The first-order valence-corrected chi connectivity index (χ1v) is 28.9. The Morgan fingerprint density at radius 1 is 0.645 bits per heavy atom. The molecule has 0 bridgehead atoms. The highest BCUT2D eigenvalue weighted by Crippen LogP contribution is 2.59. The van der Waals surface area contributed by atoms with Gasteiger partial charge < -0.3 is 4.90 Å². The first-order valence-electron chi connectivity index (χ1n) is 28.1. The molecule has 3 aliphatic carbocycles. The van der Waals surface area contributed by atoms with Crippen LogP contribution in [-0.2, 0) is 11.8 Å². The number of thiophene rings is 1. The molecule has 6 aromatic carbocycles. The average Bonchev–Trinajstić information content (AvgIpc) is 4.18. The van der Waals surface area contributed by atoms with Gasteiger partial charge in [-0.25, -0.2) is 0 Å². The van der Waals surface area contributed by atoms with E-state index in [2.05, 4.69) is 225 Å². The van der Waals surface area contributed by atoms with E-state index in [-0.39, 0.29) is 0 Å². The van der Waals surface area contributed by atoms with Crippen LogP contribution in [0, 0.1) is 34.6 Å². The number of hydrogen-bond donors (Lipinski definition) is 0. The molecule has 7 aromatic rings. The Morgan fingerprint density at radius 3 is 1.86 bits per heavy atom. The Labute approximate surface area is 463 Å². The maximum Gasteiger partial charge on any atom is 0.0714 e. The normalized spacial score (nSPS) is 14.2. The second-order valence-corrected chi connectivity index (χ2v) is 21.6. The molecular formula is C74H83NS. The van der Waals surface area contributed by atoms with Crippen LogP contribution in [-0.4, -0.2) is 0 Å². The summed E-state index contributed by atoms with van der Waals surface area (Å²) < 4.78 is 0. The van der Waals surface area contributed by atoms with Crippen molar-refractivity contribution < 1.29 is 0 Å². The summed E-state index contributed by atoms with van der Waals surface area (Å²) in [4.78, 5) is 5.38. The Morgan fingerprint density at radius 2 is 1.29 bits per heavy atom. The molecular weight excluding hydrogens is 935 g/mol. The molecule has 10 rings (SSSR count). The molecule has 1 nitrogen and oxygen atoms in total. The molecule has 0 spiro atoms. The zero-order valence-electron chi connectivity index (χ0n) is 47.4. The minimum atomic E-state index is -0.551. The molecule has 76 heavy (non-hydrogen) atoms. The zero-order valence-corrected chi connectivity index (χ0v) is 48.2. The number of anilines is 2. The Bertz CT molecular complexity index is 3180. The lowest BCUT2D eigenvalue weighted by Crippen LogP contribution is -2.29. The first kappa shape index (κ1) is 56.7. The molecule has 1 fully saturated rings. The van der Waals surface area contributed by atoms with Crippen molar-refractivity contribution >= 4 is 46.6 Å². The summed E-state index contributed by atoms with van der Waals surface area (Å²) in [5, 5.41) is 0. The van der Waals surface area contributed by atoms with Crippen molar-refractivity contribution in [1.82, 2.24) is 0 Å². The fourth-order valence-electron chi connectivity index (χ4n) is 11.6. The maximum atomic E-state index is 4.36. The van der Waals surface area contributed by atoms with Crippen molar-refractivity contribution in [3.05, 3.63) is 272 Å². The third-order valence-corrected chi connectivity index (χ3v) is 16.8. The molecule has 0 unspecified atom stereocenters. The second kappa shape index (κ2) is 26.7. The Hall–Kier alpha value is -7.00. The molecule has 1 heterocycles. The van der Waals surface area contributed by atoms with Crippen LogP contribution < -0.4 is 4.90 Å². The number of hydrogen-bond acceptors (Lipinski definition) is 2. The molecule has 1 aromatic heterocycles. The number of rotatable bonds is 13. The van der Waals surface area contributed by atoms with Gasteiger partial charge in [-0.1, -0.05) is 231 Å². The van der Waals surface area contributed by atoms with Crippen LogP contribution in [0.5, 0.6) is 0 Å². The number of aryl methyl sites for hydroxylation is 6. The van der Waals surface area contributed by atoms with Crippen molar-refractivity contribution in [3.63, 3.8) is 0 Å². The average molecular weight is 1020 g/mol. The fourth-order valence-corrected chi connectivity index (χ4v) is 12.8. The molecule has 0 radical (unpaired) electrons. The van der Waals surface area contributed by atoms with Crippen LogP contribution in [0.25, 0.3) is 35.1 Å². The van der Waals surface area contributed by atoms with Crippen LogP contribution in [0.2, 0.25) is 0 Å². The van der Waals surface area contributed by atoms with Crippen LogP contribution in [0.15, 0.2) is 190 Å². The zero-order chi connectivity index (χ0) is 54.4. The lowest BCUT2D eigenvalue weighted by atomic mass is 9.67. The van der Waals surface area contributed by atoms with Gasteiger partial charge in [0.05, 0.1) is 11.1 Å². The van der Waals surface area contributed by atoms with Crippen LogP contribution in [0.3, 0.4) is 0 Å². The molecule has 1 saturated carbocycles. The highest BCUT2D eigenvalue weighted by atomic mass is 32.1. The minimum Gasteiger partial charge on any atom is -0.310 e. The van der Waals surface area contributed by atoms with Gasteiger partial charge in [-0.05, 0) is 181 Å². The highest BCUT2D eigenvalue weighted by Gasteiger charge is 2.48. The van der Waals surface area contributed by atoms with Crippen molar-refractivity contribution in [1.29, 1.82) is 0 Å². The quantitative estimate of drug-likeness (QED) is 0.104. The number of fused-ring (bicyclic) bond motifs is 4. The summed E-state index contributed by atoms with van der Waals surface area (Å²) in [6, 6.07) is 47.8. The van der Waals surface area contributed by atoms with E-state index in [0.717, 1.165) is 54.1 Å². The van der Waals surface area contributed by atoms with E-state index in [1.54, 1.807) is 11.6 Å². The van der Waals surface area contributed by atoms with Crippen molar-refractivity contribution in [2.75, 3.05) is 4.90 Å². The molecule has 0 atom stereocenters. The van der Waals surface area contributed by atoms with Crippen LogP contribution in [0.1, 0.15) is 167 Å². The third kappa shape index (κ3) is 11.7. The van der Waals surface area contributed by atoms with Gasteiger partial charge in [-0.3, -0.25) is 0 Å². The van der Waals surface area contributed by atoms with Gasteiger partial charge in [0.1, 0.15) is 0 Å². The molecule has 0 amide bonds. The predicted molar refractivity (Wildman–Crippen MR) is 339 cm³/mol. The number of allylic oxidation sites excluding steroid dienone is 6. The van der Waals surface area contributed by atoms with E-state index < -0.39 is 5.41 Å². The number of benzene rings is 6. The van der Waals surface area contributed by atoms with E-state index in [0.29, 0.717) is 0 Å². The van der Waals surface area contributed by atoms with Gasteiger partial charge in [0.15, 0.2) is 0 Å². The van der Waals surface area contributed by atoms with E-state index in [1.165, 1.54) is 120 Å². The maximum absolute atomic E-state index is 4.36. The van der Waals surface area contributed by atoms with Gasteiger partial charge >= 0.3 is 0 Å². The van der Waals surface area contributed by atoms with E-state index in [4.69, 9.17) is 0 Å². The summed E-state index contributed by atoms with van der Waals surface area (Å²) in [6.07, 6.45) is 28.0. The number of nitrogens with zero attached hydrogens (tertiary/aromatic N) is 1. The Balaban J connectivity index is 0.000000289. The first-order chi connectivity index (χ1) is 37.0. The molecule has 0 aliphatic heterocycles. The monoisotopic (exact) mass is 1020 g/mol. The summed E-state index contributed by atoms with van der Waals surface area (Å²) in [5.41, 5.74) is 23.7. The summed E-state index contributed by atoms with van der Waals surface area (Å²) in [6.45, 7) is 35.2. The van der Waals surface area contributed by atoms with Crippen molar-refractivity contribution in [2.45, 2.75) is 131 Å². The van der Waals surface area contributed by atoms with Gasteiger partial charge in [0, 0.05) is 26.7 Å². The summed E-state index contributed by atoms with van der Waals surface area (Å²) in [7, 11) is 0. The second-order valence-electron chi connectivity index (χ2n) is 20.3. The molecule has 0 saturated heterocycles. The van der Waals surface area contributed by atoms with Gasteiger partial charge in [0.2, 0.25) is 0 Å². The van der Waals surface area contributed by atoms with E-state index >= 15 is 0 Å². The summed E-state index contributed by atoms with van der Waals surface area (Å²) in [5.74, 6) is 0.850. The highest BCUT2D eigenvalue weighted by molar-refractivity contribution is 7.12. The minimum absolute atomic E-state index is 0.551. The van der Waals surface area contributed by atoms with Crippen molar-refractivity contribution in [3.8, 4) is 11.1 Å². The summed E-state index contributed by atoms with van der Waals surface area (Å²) >= 11 is 1.96. The third-order valence-electron chi connectivity index (χ3n) is 15.6. The van der Waals surface area contributed by atoms with Crippen LogP contribution >= 0.6 is 11.3 Å².